The quantitative estimate of drug-likeness (QED) is 0.351. The molecule has 3 aromatic rings. The Morgan fingerprint density at radius 3 is 2.25 bits per heavy atom. The number of carbonyl (C=O) groups is 1. The normalized spacial score (nSPS) is 15.0. The summed E-state index contributed by atoms with van der Waals surface area (Å²) >= 11 is 3.44. The molecule has 0 N–H and O–H groups in total. The lowest BCUT2D eigenvalue weighted by Crippen LogP contribution is -2.33. The molecule has 2 heterocycles. The molecule has 1 aliphatic rings. The summed E-state index contributed by atoms with van der Waals surface area (Å²) in [5.41, 5.74) is 1.15. The van der Waals surface area contributed by atoms with E-state index in [9.17, 15) is 9.59 Å². The Bertz CT molecular complexity index is 1310. The number of benzene rings is 2. The van der Waals surface area contributed by atoms with Gasteiger partial charge in [0.2, 0.25) is 11.5 Å². The number of nitrogens with zero attached hydrogens (tertiary/aromatic N) is 2. The molecule has 0 saturated carbocycles. The maximum Gasteiger partial charge on any atom is 0.290 e. The Kier molecular flexibility index (Phi) is 7.90. The zero-order valence-corrected chi connectivity index (χ0v) is 22.8. The number of methoxy groups -OCH3 is 3. The van der Waals surface area contributed by atoms with Crippen molar-refractivity contribution in [1.82, 2.24) is 9.80 Å². The number of carbonyl (C=O) groups excluding carboxylic acids is 1. The maximum absolute atomic E-state index is 13.8. The molecule has 0 radical (unpaired) electrons. The van der Waals surface area contributed by atoms with E-state index in [1.807, 2.05) is 0 Å². The van der Waals surface area contributed by atoms with E-state index in [1.165, 1.54) is 21.3 Å². The lowest BCUT2D eigenvalue weighted by Gasteiger charge is -2.27. The molecule has 0 saturated heterocycles. The van der Waals surface area contributed by atoms with E-state index in [0.29, 0.717) is 45.9 Å². The SMILES string of the molecule is CCN(CC)CCCN1C(=O)c2oc3ccc(Br)cc3c(=O)c2[C@H]1c1cc(OC)c(OC)c(OC)c1. The van der Waals surface area contributed by atoms with Crippen LogP contribution < -0.4 is 19.6 Å². The third-order valence-corrected chi connectivity index (χ3v) is 7.19. The van der Waals surface area contributed by atoms with Crippen molar-refractivity contribution in [3.05, 3.63) is 61.9 Å². The molecule has 2 aromatic carbocycles. The molecule has 0 spiro atoms. The van der Waals surface area contributed by atoms with Gasteiger partial charge in [-0.15, -0.1) is 0 Å². The van der Waals surface area contributed by atoms with Gasteiger partial charge in [0.15, 0.2) is 16.9 Å². The van der Waals surface area contributed by atoms with Gasteiger partial charge in [0.25, 0.3) is 5.91 Å². The Morgan fingerprint density at radius 2 is 1.67 bits per heavy atom. The molecule has 0 aliphatic carbocycles. The van der Waals surface area contributed by atoms with E-state index in [1.54, 1.807) is 35.2 Å². The topological polar surface area (TPSA) is 81.5 Å². The standard InChI is InChI=1S/C27H31BrN2O6/c1-6-29(7-2)11-8-12-30-23(16-13-20(33-3)25(35-5)21(14-16)34-4)22-24(31)18-15-17(28)9-10-19(18)36-26(22)27(30)32/h9-10,13-15,23H,6-8,11-12H2,1-5H3/t23-/m1/s1. The van der Waals surface area contributed by atoms with Crippen LogP contribution in [-0.2, 0) is 0 Å². The minimum atomic E-state index is -0.655. The highest BCUT2D eigenvalue weighted by molar-refractivity contribution is 9.10. The van der Waals surface area contributed by atoms with Gasteiger partial charge < -0.3 is 28.4 Å². The van der Waals surface area contributed by atoms with Crippen LogP contribution in [0, 0.1) is 0 Å². The Labute approximate surface area is 218 Å². The largest absolute Gasteiger partial charge is 0.493 e. The molecule has 4 rings (SSSR count). The van der Waals surface area contributed by atoms with Gasteiger partial charge in [-0.25, -0.2) is 0 Å². The summed E-state index contributed by atoms with van der Waals surface area (Å²) < 4.78 is 23.4. The Hall–Kier alpha value is -3.04. The van der Waals surface area contributed by atoms with Gasteiger partial charge in [-0.3, -0.25) is 9.59 Å². The van der Waals surface area contributed by atoms with E-state index in [4.69, 9.17) is 18.6 Å². The van der Waals surface area contributed by atoms with Crippen LogP contribution in [0.4, 0.5) is 0 Å². The Morgan fingerprint density at radius 1 is 1.00 bits per heavy atom. The second kappa shape index (κ2) is 10.9. The third-order valence-electron chi connectivity index (χ3n) is 6.70. The smallest absolute Gasteiger partial charge is 0.290 e. The zero-order chi connectivity index (χ0) is 26.0. The number of ether oxygens (including phenoxy) is 3. The molecule has 1 aliphatic heterocycles. The molecule has 1 amide bonds. The first-order valence-corrected chi connectivity index (χ1v) is 12.8. The lowest BCUT2D eigenvalue weighted by atomic mass is 9.97. The molecular weight excluding hydrogens is 528 g/mol. The zero-order valence-electron chi connectivity index (χ0n) is 21.2. The first-order chi connectivity index (χ1) is 17.4. The molecule has 0 bridgehead atoms. The van der Waals surface area contributed by atoms with Gasteiger partial charge in [0.1, 0.15) is 5.58 Å². The fraction of sp³-hybridized carbons (Fsp3) is 0.407. The van der Waals surface area contributed by atoms with Crippen LogP contribution in [0.15, 0.2) is 44.0 Å². The molecule has 1 aromatic heterocycles. The van der Waals surface area contributed by atoms with E-state index >= 15 is 0 Å². The van der Waals surface area contributed by atoms with Crippen molar-refractivity contribution in [1.29, 1.82) is 0 Å². The second-order valence-corrected chi connectivity index (χ2v) is 9.47. The van der Waals surface area contributed by atoms with Gasteiger partial charge in [-0.05, 0) is 62.0 Å². The van der Waals surface area contributed by atoms with Crippen molar-refractivity contribution in [2.45, 2.75) is 26.3 Å². The Balaban J connectivity index is 1.89. The van der Waals surface area contributed by atoms with Gasteiger partial charge in [0.05, 0.1) is 38.3 Å². The van der Waals surface area contributed by atoms with Crippen molar-refractivity contribution in [3.63, 3.8) is 0 Å². The fourth-order valence-corrected chi connectivity index (χ4v) is 5.19. The van der Waals surface area contributed by atoms with Gasteiger partial charge in [-0.2, -0.15) is 0 Å². The van der Waals surface area contributed by atoms with E-state index in [2.05, 4.69) is 34.7 Å². The lowest BCUT2D eigenvalue weighted by molar-refractivity contribution is 0.0719. The number of rotatable bonds is 10. The number of hydrogen-bond acceptors (Lipinski definition) is 7. The second-order valence-electron chi connectivity index (χ2n) is 8.55. The number of halogens is 1. The van der Waals surface area contributed by atoms with Gasteiger partial charge >= 0.3 is 0 Å². The molecule has 9 heteroatoms. The highest BCUT2D eigenvalue weighted by Gasteiger charge is 2.43. The summed E-state index contributed by atoms with van der Waals surface area (Å²) in [7, 11) is 4.61. The van der Waals surface area contributed by atoms with E-state index < -0.39 is 6.04 Å². The first kappa shape index (κ1) is 26.0. The summed E-state index contributed by atoms with van der Waals surface area (Å²) in [5, 5.41) is 0.415. The minimum Gasteiger partial charge on any atom is -0.493 e. The van der Waals surface area contributed by atoms with Crippen molar-refractivity contribution in [2.24, 2.45) is 0 Å². The number of fused-ring (bicyclic) bond motifs is 2. The van der Waals surface area contributed by atoms with E-state index in [-0.39, 0.29) is 17.1 Å². The molecule has 0 fully saturated rings. The predicted molar refractivity (Wildman–Crippen MR) is 142 cm³/mol. The summed E-state index contributed by atoms with van der Waals surface area (Å²) in [6, 6.07) is 8.13. The van der Waals surface area contributed by atoms with Crippen LogP contribution in [0.2, 0.25) is 0 Å². The average Bonchev–Trinajstić information content (AvgIpc) is 3.17. The summed E-state index contributed by atoms with van der Waals surface area (Å²) in [6.45, 7) is 7.39. The first-order valence-electron chi connectivity index (χ1n) is 12.0. The van der Waals surface area contributed by atoms with Crippen LogP contribution in [0.25, 0.3) is 11.0 Å². The highest BCUT2D eigenvalue weighted by atomic mass is 79.9. The van der Waals surface area contributed by atoms with Crippen LogP contribution in [-0.4, -0.2) is 63.2 Å². The van der Waals surface area contributed by atoms with Crippen molar-refractivity contribution in [2.75, 3.05) is 47.5 Å². The molecular formula is C27H31BrN2O6. The van der Waals surface area contributed by atoms with Crippen molar-refractivity contribution < 1.29 is 23.4 Å². The number of amides is 1. The predicted octanol–water partition coefficient (Wildman–Crippen LogP) is 4.86. The molecule has 0 unspecified atom stereocenters. The fourth-order valence-electron chi connectivity index (χ4n) is 4.83. The minimum absolute atomic E-state index is 0.0800. The van der Waals surface area contributed by atoms with Crippen molar-refractivity contribution in [3.8, 4) is 17.2 Å². The summed E-state index contributed by atoms with van der Waals surface area (Å²) in [5.74, 6) is 1.12. The number of hydrogen-bond donors (Lipinski definition) is 0. The molecule has 192 valence electrons. The van der Waals surface area contributed by atoms with Gasteiger partial charge in [0, 0.05) is 11.0 Å². The summed E-state index contributed by atoms with van der Waals surface area (Å²) in [4.78, 5) is 31.5. The highest BCUT2D eigenvalue weighted by Crippen LogP contribution is 2.45. The third kappa shape index (κ3) is 4.57. The summed E-state index contributed by atoms with van der Waals surface area (Å²) in [6.07, 6.45) is 0.752. The monoisotopic (exact) mass is 558 g/mol. The van der Waals surface area contributed by atoms with E-state index in [0.717, 1.165) is 30.5 Å². The van der Waals surface area contributed by atoms with Crippen LogP contribution >= 0.6 is 15.9 Å². The molecule has 36 heavy (non-hydrogen) atoms. The molecule has 1 atom stereocenters. The average molecular weight is 559 g/mol. The van der Waals surface area contributed by atoms with Crippen LogP contribution in [0.3, 0.4) is 0 Å². The van der Waals surface area contributed by atoms with Crippen LogP contribution in [0.1, 0.15) is 48.0 Å². The maximum atomic E-state index is 13.8. The van der Waals surface area contributed by atoms with Crippen molar-refractivity contribution >= 4 is 32.8 Å². The molecule has 8 nitrogen and oxygen atoms in total. The van der Waals surface area contributed by atoms with Crippen LogP contribution in [0.5, 0.6) is 17.2 Å². The van der Waals surface area contributed by atoms with Gasteiger partial charge in [-0.1, -0.05) is 29.8 Å².